The second-order valence-electron chi connectivity index (χ2n) is 4.58. The maximum atomic E-state index is 13.1. The van der Waals surface area contributed by atoms with Gasteiger partial charge < -0.3 is 4.74 Å². The number of nitrogens with one attached hydrogen (secondary N) is 3. The number of hydrogen-bond acceptors (Lipinski definition) is 6. The number of halogens is 2. The predicted molar refractivity (Wildman–Crippen MR) is 79.0 cm³/mol. The molecule has 22 heavy (non-hydrogen) atoms. The molecule has 10 heteroatoms. The highest BCUT2D eigenvalue weighted by molar-refractivity contribution is 7.93. The number of carbonyl (C=O) groups excluding carboxylic acids is 1. The molecule has 122 valence electrons. The van der Waals surface area contributed by atoms with Crippen molar-refractivity contribution >= 4 is 33.3 Å². The van der Waals surface area contributed by atoms with Crippen LogP contribution in [0.3, 0.4) is 0 Å². The van der Waals surface area contributed by atoms with E-state index in [1.807, 2.05) is 0 Å². The van der Waals surface area contributed by atoms with E-state index in [2.05, 4.69) is 15.6 Å². The summed E-state index contributed by atoms with van der Waals surface area (Å²) in [6.07, 6.45) is 0. The molecule has 1 fully saturated rings. The minimum absolute atomic E-state index is 0.0997. The van der Waals surface area contributed by atoms with Crippen molar-refractivity contribution in [3.05, 3.63) is 29.0 Å². The first kappa shape index (κ1) is 16.9. The number of hydrazine groups is 1. The molecule has 1 aromatic rings. The fraction of sp³-hybridized carbons (Fsp3) is 0.417. The van der Waals surface area contributed by atoms with Crippen molar-refractivity contribution in [2.75, 3.05) is 17.9 Å². The summed E-state index contributed by atoms with van der Waals surface area (Å²) in [5, 5.41) is -1.42. The predicted octanol–water partition coefficient (Wildman–Crippen LogP) is 0.834. The molecule has 1 aliphatic heterocycles. The largest absolute Gasteiger partial charge is 0.466 e. The summed E-state index contributed by atoms with van der Waals surface area (Å²) in [7, 11) is -3.96. The Labute approximate surface area is 132 Å². The molecule has 0 radical (unpaired) electrons. The van der Waals surface area contributed by atoms with Gasteiger partial charge in [0, 0.05) is 6.54 Å². The summed E-state index contributed by atoms with van der Waals surface area (Å²) in [6.45, 7) is 1.91. The molecule has 1 aliphatic rings. The summed E-state index contributed by atoms with van der Waals surface area (Å²) in [6, 6.07) is 3.43. The highest BCUT2D eigenvalue weighted by Gasteiger charge is 2.42. The fourth-order valence-electron chi connectivity index (χ4n) is 2.01. The second kappa shape index (κ2) is 6.78. The lowest BCUT2D eigenvalue weighted by Crippen LogP contribution is -2.44. The number of rotatable bonds is 5. The Hall–Kier alpha value is -1.42. The van der Waals surface area contributed by atoms with Crippen molar-refractivity contribution in [1.82, 2.24) is 10.9 Å². The van der Waals surface area contributed by atoms with Gasteiger partial charge in [-0.1, -0.05) is 11.6 Å². The van der Waals surface area contributed by atoms with Gasteiger partial charge in [-0.05, 0) is 25.1 Å². The molecule has 2 unspecified atom stereocenters. The lowest BCUT2D eigenvalue weighted by molar-refractivity contribution is -0.147. The van der Waals surface area contributed by atoms with E-state index in [-0.39, 0.29) is 23.9 Å². The van der Waals surface area contributed by atoms with Crippen molar-refractivity contribution in [2.24, 2.45) is 5.92 Å². The van der Waals surface area contributed by atoms with Crippen LogP contribution in [0.25, 0.3) is 0 Å². The van der Waals surface area contributed by atoms with Crippen molar-refractivity contribution in [3.8, 4) is 0 Å². The number of ether oxygens (including phenoxy) is 1. The van der Waals surface area contributed by atoms with Gasteiger partial charge in [-0.25, -0.2) is 18.2 Å². The van der Waals surface area contributed by atoms with Gasteiger partial charge in [-0.3, -0.25) is 14.9 Å². The smallest absolute Gasteiger partial charge is 0.313 e. The molecule has 1 aromatic carbocycles. The van der Waals surface area contributed by atoms with Crippen LogP contribution in [0.1, 0.15) is 6.92 Å². The monoisotopic (exact) mass is 351 g/mol. The number of hydrogen-bond donors (Lipinski definition) is 3. The molecule has 1 saturated heterocycles. The molecule has 0 bridgehead atoms. The van der Waals surface area contributed by atoms with Crippen LogP contribution in [0.15, 0.2) is 18.2 Å². The van der Waals surface area contributed by atoms with Crippen LogP contribution in [0.2, 0.25) is 5.02 Å². The van der Waals surface area contributed by atoms with E-state index < -0.39 is 33.1 Å². The van der Waals surface area contributed by atoms with E-state index in [0.29, 0.717) is 0 Å². The van der Waals surface area contributed by atoms with E-state index >= 15 is 0 Å². The summed E-state index contributed by atoms with van der Waals surface area (Å²) >= 11 is 5.61. The number of anilines is 1. The molecule has 2 rings (SSSR count). The Morgan fingerprint density at radius 1 is 1.55 bits per heavy atom. The molecule has 0 spiro atoms. The molecular formula is C12H15ClFN3O4S. The molecule has 2 atom stereocenters. The first-order valence-electron chi connectivity index (χ1n) is 6.47. The Morgan fingerprint density at radius 3 is 2.91 bits per heavy atom. The van der Waals surface area contributed by atoms with Gasteiger partial charge in [0.05, 0.1) is 17.3 Å². The van der Waals surface area contributed by atoms with Gasteiger partial charge in [-0.15, -0.1) is 0 Å². The zero-order valence-corrected chi connectivity index (χ0v) is 13.2. The van der Waals surface area contributed by atoms with E-state index in [4.69, 9.17) is 16.3 Å². The third-order valence-corrected chi connectivity index (χ3v) is 4.96. The number of benzene rings is 1. The zero-order valence-electron chi connectivity index (χ0n) is 11.6. The summed E-state index contributed by atoms with van der Waals surface area (Å²) in [5.41, 5.74) is 5.24. The first-order chi connectivity index (χ1) is 10.3. The Kier molecular flexibility index (Phi) is 5.22. The number of carbonyl (C=O) groups is 1. The minimum Gasteiger partial charge on any atom is -0.466 e. The van der Waals surface area contributed by atoms with Gasteiger partial charge in [-0.2, -0.15) is 0 Å². The second-order valence-corrected chi connectivity index (χ2v) is 6.79. The van der Waals surface area contributed by atoms with Gasteiger partial charge in [0.1, 0.15) is 11.7 Å². The normalized spacial score (nSPS) is 21.6. The average molecular weight is 352 g/mol. The third-order valence-electron chi connectivity index (χ3n) is 3.04. The third kappa shape index (κ3) is 3.67. The van der Waals surface area contributed by atoms with Gasteiger partial charge in [0.25, 0.3) is 10.0 Å². The molecule has 1 heterocycles. The van der Waals surface area contributed by atoms with Crippen LogP contribution >= 0.6 is 11.6 Å². The van der Waals surface area contributed by atoms with Crippen LogP contribution in [-0.2, 0) is 19.6 Å². The molecule has 7 nitrogen and oxygen atoms in total. The number of sulfonamides is 1. The molecule has 0 aromatic heterocycles. The van der Waals surface area contributed by atoms with Crippen molar-refractivity contribution in [1.29, 1.82) is 0 Å². The van der Waals surface area contributed by atoms with Crippen LogP contribution in [0.5, 0.6) is 0 Å². The highest BCUT2D eigenvalue weighted by atomic mass is 35.5. The van der Waals surface area contributed by atoms with E-state index in [1.165, 1.54) is 6.07 Å². The fourth-order valence-corrected chi connectivity index (χ4v) is 3.66. The van der Waals surface area contributed by atoms with Crippen LogP contribution in [-0.4, -0.2) is 32.9 Å². The van der Waals surface area contributed by atoms with Crippen LogP contribution < -0.4 is 15.6 Å². The average Bonchev–Trinajstić information content (AvgIpc) is 2.93. The molecule has 0 saturated carbocycles. The standard InChI is InChI=1S/C12H15ClFN3O4S/c1-2-21-12(18)8-6-15-16-11(8)22(19,20)17-7-3-4-10(14)9(13)5-7/h3-5,8,11,15-17H,2,6H2,1H3. The topological polar surface area (TPSA) is 96.5 Å². The quantitative estimate of drug-likeness (QED) is 0.680. The number of esters is 1. The van der Waals surface area contributed by atoms with Gasteiger partial charge in [0.15, 0.2) is 5.37 Å². The summed E-state index contributed by atoms with van der Waals surface area (Å²) in [4.78, 5) is 11.8. The van der Waals surface area contributed by atoms with Crippen LogP contribution in [0.4, 0.5) is 10.1 Å². The van der Waals surface area contributed by atoms with E-state index in [0.717, 1.165) is 12.1 Å². The lowest BCUT2D eigenvalue weighted by atomic mass is 10.2. The molecule has 0 aliphatic carbocycles. The highest BCUT2D eigenvalue weighted by Crippen LogP contribution is 2.23. The Bertz CT molecular complexity index is 670. The minimum atomic E-state index is -3.96. The molecule has 0 amide bonds. The zero-order chi connectivity index (χ0) is 16.3. The lowest BCUT2D eigenvalue weighted by Gasteiger charge is -2.18. The Morgan fingerprint density at radius 2 is 2.27 bits per heavy atom. The van der Waals surface area contributed by atoms with Gasteiger partial charge >= 0.3 is 5.97 Å². The van der Waals surface area contributed by atoms with Gasteiger partial charge in [0.2, 0.25) is 0 Å². The Balaban J connectivity index is 2.18. The first-order valence-corrected chi connectivity index (χ1v) is 8.39. The van der Waals surface area contributed by atoms with E-state index in [1.54, 1.807) is 6.92 Å². The molecule has 3 N–H and O–H groups in total. The van der Waals surface area contributed by atoms with E-state index in [9.17, 15) is 17.6 Å². The van der Waals surface area contributed by atoms with Crippen LogP contribution in [0, 0.1) is 11.7 Å². The summed E-state index contributed by atoms with van der Waals surface area (Å²) in [5.74, 6) is -2.17. The maximum absolute atomic E-state index is 13.1. The maximum Gasteiger partial charge on any atom is 0.313 e. The van der Waals surface area contributed by atoms with Crippen molar-refractivity contribution < 1.29 is 22.3 Å². The van der Waals surface area contributed by atoms with Crippen molar-refractivity contribution in [3.63, 3.8) is 0 Å². The SMILES string of the molecule is CCOC(=O)C1CNNC1S(=O)(=O)Nc1ccc(F)c(Cl)c1. The molecular weight excluding hydrogens is 337 g/mol. The van der Waals surface area contributed by atoms with Crippen molar-refractivity contribution in [2.45, 2.75) is 12.3 Å². The summed E-state index contributed by atoms with van der Waals surface area (Å²) < 4.78 is 44.9.